The number of aromatic nitrogens is 2. The number of benzene rings is 2. The molecule has 7 heteroatoms. The number of hydrogen-bond donors (Lipinski definition) is 1. The van der Waals surface area contributed by atoms with Gasteiger partial charge in [-0.1, -0.05) is 42.0 Å². The molecule has 2 bridgehead atoms. The van der Waals surface area contributed by atoms with Crippen LogP contribution in [0.3, 0.4) is 0 Å². The van der Waals surface area contributed by atoms with Crippen LogP contribution in [0.5, 0.6) is 0 Å². The molecule has 2 aliphatic rings. The predicted octanol–water partition coefficient (Wildman–Crippen LogP) is 4.30. The lowest BCUT2D eigenvalue weighted by Gasteiger charge is -2.48. The molecular formula is C27H31FN4O2. The average Bonchev–Trinajstić information content (AvgIpc) is 3.18. The second-order valence-corrected chi connectivity index (χ2v) is 9.62. The summed E-state index contributed by atoms with van der Waals surface area (Å²) >= 11 is 0. The molecule has 6 nitrogen and oxygen atoms in total. The Morgan fingerprint density at radius 2 is 1.82 bits per heavy atom. The summed E-state index contributed by atoms with van der Waals surface area (Å²) in [5, 5.41) is 8.81. The SMILES string of the molecule is CC(C)=CCn1nc(C(=O)NC2C[C@H]3COC[C@@H](C2)N3Cc2ccc(F)cc2)c2ccccc21. The highest BCUT2D eigenvalue weighted by Gasteiger charge is 2.39. The van der Waals surface area contributed by atoms with Crippen LogP contribution in [0.25, 0.3) is 10.9 Å². The number of piperidine rings is 1. The third kappa shape index (κ3) is 4.76. The van der Waals surface area contributed by atoms with E-state index in [1.54, 1.807) is 0 Å². The molecule has 3 aromatic rings. The molecule has 0 radical (unpaired) electrons. The number of amides is 1. The molecule has 2 saturated heterocycles. The van der Waals surface area contributed by atoms with Crippen LogP contribution in [-0.4, -0.2) is 51.9 Å². The van der Waals surface area contributed by atoms with Gasteiger partial charge in [-0.2, -0.15) is 5.10 Å². The Morgan fingerprint density at radius 3 is 2.53 bits per heavy atom. The van der Waals surface area contributed by atoms with E-state index in [0.29, 0.717) is 25.5 Å². The van der Waals surface area contributed by atoms with Gasteiger partial charge in [-0.15, -0.1) is 0 Å². The van der Waals surface area contributed by atoms with Gasteiger partial charge in [-0.05, 0) is 50.5 Å². The van der Waals surface area contributed by atoms with Gasteiger partial charge in [-0.25, -0.2) is 4.39 Å². The lowest BCUT2D eigenvalue weighted by atomic mass is 9.89. The molecule has 0 aliphatic carbocycles. The first-order valence-electron chi connectivity index (χ1n) is 12.0. The van der Waals surface area contributed by atoms with E-state index in [2.05, 4.69) is 35.2 Å². The molecule has 1 unspecified atom stereocenters. The maximum atomic E-state index is 13.3. The summed E-state index contributed by atoms with van der Waals surface area (Å²) in [6, 6.07) is 15.1. The van der Waals surface area contributed by atoms with Crippen molar-refractivity contribution in [2.75, 3.05) is 13.2 Å². The number of nitrogens with zero attached hydrogens (tertiary/aromatic N) is 3. The highest BCUT2D eigenvalue weighted by molar-refractivity contribution is 6.05. The smallest absolute Gasteiger partial charge is 0.272 e. The summed E-state index contributed by atoms with van der Waals surface area (Å²) in [4.78, 5) is 15.8. The number of ether oxygens (including phenoxy) is 1. The summed E-state index contributed by atoms with van der Waals surface area (Å²) in [6.45, 7) is 6.80. The summed E-state index contributed by atoms with van der Waals surface area (Å²) < 4.78 is 21.0. The number of carbonyl (C=O) groups is 1. The van der Waals surface area contributed by atoms with E-state index in [4.69, 9.17) is 4.74 Å². The Labute approximate surface area is 199 Å². The highest BCUT2D eigenvalue weighted by atomic mass is 19.1. The van der Waals surface area contributed by atoms with E-state index in [9.17, 15) is 9.18 Å². The van der Waals surface area contributed by atoms with Crippen LogP contribution in [-0.2, 0) is 17.8 Å². The minimum Gasteiger partial charge on any atom is -0.378 e. The maximum absolute atomic E-state index is 13.3. The number of hydrogen-bond acceptors (Lipinski definition) is 4. The third-order valence-electron chi connectivity index (χ3n) is 6.83. The molecule has 0 saturated carbocycles. The molecule has 3 heterocycles. The molecule has 1 amide bonds. The standard InChI is InChI=1S/C27H31FN4O2/c1-18(2)11-12-32-25-6-4-3-5-24(25)26(30-32)27(33)29-21-13-22-16-34-17-23(14-21)31(22)15-19-7-9-20(28)10-8-19/h3-11,21-23H,12-17H2,1-2H3,(H,29,33)/t21?,22-,23+. The summed E-state index contributed by atoms with van der Waals surface area (Å²) in [6.07, 6.45) is 3.75. The van der Waals surface area contributed by atoms with E-state index >= 15 is 0 Å². The fourth-order valence-electron chi connectivity index (χ4n) is 5.12. The van der Waals surface area contributed by atoms with Crippen LogP contribution in [0, 0.1) is 5.82 Å². The third-order valence-corrected chi connectivity index (χ3v) is 6.83. The van der Waals surface area contributed by atoms with E-state index in [0.717, 1.165) is 35.9 Å². The molecule has 2 fully saturated rings. The lowest BCUT2D eigenvalue weighted by Crippen LogP contribution is -2.60. The summed E-state index contributed by atoms with van der Waals surface area (Å²) in [5.74, 6) is -0.340. The maximum Gasteiger partial charge on any atom is 0.272 e. The molecule has 2 aromatic carbocycles. The molecule has 0 spiro atoms. The second-order valence-electron chi connectivity index (χ2n) is 9.62. The van der Waals surface area contributed by atoms with Crippen molar-refractivity contribution in [3.05, 3.63) is 77.3 Å². The normalized spacial score (nSPS) is 22.5. The quantitative estimate of drug-likeness (QED) is 0.555. The Bertz CT molecular complexity index is 1190. The van der Waals surface area contributed by atoms with Gasteiger partial charge in [0.2, 0.25) is 0 Å². The fourth-order valence-corrected chi connectivity index (χ4v) is 5.12. The zero-order chi connectivity index (χ0) is 23.7. The van der Waals surface area contributed by atoms with Crippen molar-refractivity contribution in [1.29, 1.82) is 0 Å². The molecule has 2 aliphatic heterocycles. The van der Waals surface area contributed by atoms with Crippen LogP contribution in [0.4, 0.5) is 4.39 Å². The van der Waals surface area contributed by atoms with Crippen LogP contribution in [0.15, 0.2) is 60.2 Å². The predicted molar refractivity (Wildman–Crippen MR) is 130 cm³/mol. The first-order valence-corrected chi connectivity index (χ1v) is 12.0. The van der Waals surface area contributed by atoms with Crippen LogP contribution < -0.4 is 5.32 Å². The number of halogens is 1. The molecule has 5 rings (SSSR count). The van der Waals surface area contributed by atoms with E-state index < -0.39 is 0 Å². The van der Waals surface area contributed by atoms with E-state index in [1.807, 2.05) is 41.1 Å². The Morgan fingerprint density at radius 1 is 1.12 bits per heavy atom. The van der Waals surface area contributed by atoms with Crippen LogP contribution >= 0.6 is 0 Å². The summed E-state index contributed by atoms with van der Waals surface area (Å²) in [7, 11) is 0. The Balaban J connectivity index is 1.30. The number of nitrogens with one attached hydrogen (secondary N) is 1. The number of allylic oxidation sites excluding steroid dienone is 2. The second kappa shape index (κ2) is 9.68. The van der Waals surface area contributed by atoms with Gasteiger partial charge >= 0.3 is 0 Å². The monoisotopic (exact) mass is 462 g/mol. The molecule has 178 valence electrons. The van der Waals surface area contributed by atoms with Crippen LogP contribution in [0.2, 0.25) is 0 Å². The van der Waals surface area contributed by atoms with Crippen molar-refractivity contribution in [3.8, 4) is 0 Å². The molecule has 3 atom stereocenters. The van der Waals surface area contributed by atoms with Gasteiger partial charge in [-0.3, -0.25) is 14.4 Å². The van der Waals surface area contributed by atoms with Gasteiger partial charge in [0.25, 0.3) is 5.91 Å². The lowest BCUT2D eigenvalue weighted by molar-refractivity contribution is -0.0843. The molecule has 1 N–H and O–H groups in total. The average molecular weight is 463 g/mol. The largest absolute Gasteiger partial charge is 0.378 e. The van der Waals surface area contributed by atoms with Gasteiger partial charge in [0.15, 0.2) is 5.69 Å². The van der Waals surface area contributed by atoms with Gasteiger partial charge in [0.1, 0.15) is 5.82 Å². The first kappa shape index (κ1) is 22.7. The topological polar surface area (TPSA) is 59.4 Å². The summed E-state index contributed by atoms with van der Waals surface area (Å²) in [5.41, 5.74) is 3.75. The number of morpholine rings is 1. The molecular weight excluding hydrogens is 431 g/mol. The van der Waals surface area contributed by atoms with Crippen molar-refractivity contribution in [2.45, 2.75) is 57.9 Å². The van der Waals surface area contributed by atoms with Crippen LogP contribution in [0.1, 0.15) is 42.7 Å². The number of rotatable bonds is 6. The van der Waals surface area contributed by atoms with Gasteiger partial charge < -0.3 is 10.1 Å². The molecule has 34 heavy (non-hydrogen) atoms. The zero-order valence-electron chi connectivity index (χ0n) is 19.7. The Hall–Kier alpha value is -3.03. The molecule has 1 aromatic heterocycles. The number of carbonyl (C=O) groups excluding carboxylic acids is 1. The van der Waals surface area contributed by atoms with Crippen molar-refractivity contribution in [1.82, 2.24) is 20.0 Å². The highest BCUT2D eigenvalue weighted by Crippen LogP contribution is 2.30. The number of fused-ring (bicyclic) bond motifs is 3. The van der Waals surface area contributed by atoms with Gasteiger partial charge in [0, 0.05) is 30.1 Å². The van der Waals surface area contributed by atoms with Crippen molar-refractivity contribution in [2.24, 2.45) is 0 Å². The van der Waals surface area contributed by atoms with E-state index in [-0.39, 0.29) is 29.8 Å². The first-order chi connectivity index (χ1) is 16.5. The Kier molecular flexibility index (Phi) is 6.48. The minimum absolute atomic E-state index is 0.0672. The van der Waals surface area contributed by atoms with Crippen molar-refractivity contribution >= 4 is 16.8 Å². The fraction of sp³-hybridized carbons (Fsp3) is 0.407. The zero-order valence-corrected chi connectivity index (χ0v) is 19.7. The van der Waals surface area contributed by atoms with E-state index in [1.165, 1.54) is 17.7 Å². The van der Waals surface area contributed by atoms with Crippen molar-refractivity contribution < 1.29 is 13.9 Å². The number of para-hydroxylation sites is 1. The minimum atomic E-state index is -0.218. The van der Waals surface area contributed by atoms with Gasteiger partial charge in [0.05, 0.1) is 25.3 Å². The van der Waals surface area contributed by atoms with Crippen molar-refractivity contribution in [3.63, 3.8) is 0 Å².